The Balaban J connectivity index is 1.54. The van der Waals surface area contributed by atoms with Crippen LogP contribution in [0.1, 0.15) is 25.0 Å². The zero-order chi connectivity index (χ0) is 19.9. The highest BCUT2D eigenvalue weighted by Gasteiger charge is 2.39. The van der Waals surface area contributed by atoms with Gasteiger partial charge in [0.05, 0.1) is 7.11 Å². The van der Waals surface area contributed by atoms with Crippen molar-refractivity contribution in [2.24, 2.45) is 0 Å². The normalized spacial score (nSPS) is 18.8. The van der Waals surface area contributed by atoms with E-state index in [4.69, 9.17) is 14.2 Å². The number of rotatable bonds is 4. The molecule has 0 bridgehead atoms. The van der Waals surface area contributed by atoms with Gasteiger partial charge in [0.2, 0.25) is 0 Å². The molecule has 2 aliphatic rings. The number of amides is 1. The van der Waals surface area contributed by atoms with Gasteiger partial charge in [-0.05, 0) is 31.5 Å². The van der Waals surface area contributed by atoms with Crippen LogP contribution in [0.15, 0.2) is 42.5 Å². The van der Waals surface area contributed by atoms with Crippen molar-refractivity contribution in [3.05, 3.63) is 53.6 Å². The highest BCUT2D eigenvalue weighted by atomic mass is 16.5. The molecular weight excluding hydrogens is 358 g/mol. The molecule has 0 saturated carbocycles. The summed E-state index contributed by atoms with van der Waals surface area (Å²) in [5.41, 5.74) is 2.43. The molecule has 28 heavy (non-hydrogen) atoms. The summed E-state index contributed by atoms with van der Waals surface area (Å²) in [5, 5.41) is 0. The van der Waals surface area contributed by atoms with Crippen molar-refractivity contribution in [1.29, 1.82) is 0 Å². The zero-order valence-corrected chi connectivity index (χ0v) is 16.2. The molecule has 146 valence electrons. The van der Waals surface area contributed by atoms with Gasteiger partial charge in [-0.15, -0.1) is 0 Å². The first-order valence-corrected chi connectivity index (χ1v) is 9.31. The van der Waals surface area contributed by atoms with Crippen LogP contribution in [-0.4, -0.2) is 37.2 Å². The molecule has 0 aromatic heterocycles. The Labute approximate surface area is 164 Å². The Morgan fingerprint density at radius 3 is 2.68 bits per heavy atom. The topological polar surface area (TPSA) is 65.1 Å². The van der Waals surface area contributed by atoms with E-state index in [9.17, 15) is 9.59 Å². The van der Waals surface area contributed by atoms with Crippen LogP contribution in [0.3, 0.4) is 0 Å². The number of esters is 1. The van der Waals surface area contributed by atoms with Crippen LogP contribution in [0.25, 0.3) is 0 Å². The molecule has 2 aliphatic heterocycles. The van der Waals surface area contributed by atoms with E-state index in [1.807, 2.05) is 50.2 Å². The number of ether oxygens (including phenoxy) is 3. The molecule has 0 aliphatic carbocycles. The second-order valence-electron chi connectivity index (χ2n) is 7.71. The van der Waals surface area contributed by atoms with Crippen LogP contribution in [0.2, 0.25) is 0 Å². The molecule has 0 spiro atoms. The first kappa shape index (κ1) is 18.3. The number of carbonyl (C=O) groups excluding carboxylic acids is 2. The molecule has 6 nitrogen and oxygen atoms in total. The van der Waals surface area contributed by atoms with Gasteiger partial charge >= 0.3 is 5.97 Å². The largest absolute Gasteiger partial charge is 0.483 e. The molecule has 4 rings (SSSR count). The molecule has 0 N–H and O–H groups in total. The molecule has 2 heterocycles. The zero-order valence-electron chi connectivity index (χ0n) is 16.2. The Bertz CT molecular complexity index is 936. The smallest absolute Gasteiger partial charge is 0.329 e. The lowest BCUT2D eigenvalue weighted by molar-refractivity contribution is -0.143. The summed E-state index contributed by atoms with van der Waals surface area (Å²) in [6.07, 6.45) is 1.23. The molecule has 1 amide bonds. The number of para-hydroxylation sites is 2. The summed E-state index contributed by atoms with van der Waals surface area (Å²) in [5.74, 6) is 0.496. The maximum atomic E-state index is 13.0. The van der Waals surface area contributed by atoms with Gasteiger partial charge < -0.3 is 14.2 Å². The van der Waals surface area contributed by atoms with Gasteiger partial charge in [-0.2, -0.15) is 0 Å². The second-order valence-corrected chi connectivity index (χ2v) is 7.71. The standard InChI is InChI=1S/C22H23NO5/c1-22(2)12-15-8-6-10-18(20(15)28-22)27-13-19(24)23-16-9-5-4-7-14(16)11-17(23)21(25)26-3/h4-10,17H,11-13H2,1-3H3. The highest BCUT2D eigenvalue weighted by molar-refractivity contribution is 6.03. The van der Waals surface area contributed by atoms with Gasteiger partial charge in [-0.25, -0.2) is 4.79 Å². The number of benzene rings is 2. The summed E-state index contributed by atoms with van der Waals surface area (Å²) < 4.78 is 16.7. The monoisotopic (exact) mass is 381 g/mol. The van der Waals surface area contributed by atoms with Crippen molar-refractivity contribution >= 4 is 17.6 Å². The minimum atomic E-state index is -0.671. The molecule has 1 unspecified atom stereocenters. The molecule has 2 aromatic rings. The number of hydrogen-bond acceptors (Lipinski definition) is 5. The molecule has 2 aromatic carbocycles. The van der Waals surface area contributed by atoms with E-state index in [2.05, 4.69) is 0 Å². The third-order valence-corrected chi connectivity index (χ3v) is 5.12. The number of hydrogen-bond donors (Lipinski definition) is 0. The number of fused-ring (bicyclic) bond motifs is 2. The molecule has 6 heteroatoms. The van der Waals surface area contributed by atoms with Gasteiger partial charge in [0.1, 0.15) is 11.6 Å². The molecular formula is C22H23NO5. The number of nitrogens with zero attached hydrogens (tertiary/aromatic N) is 1. The number of carbonyl (C=O) groups is 2. The van der Waals surface area contributed by atoms with Crippen molar-refractivity contribution in [1.82, 2.24) is 0 Å². The first-order chi connectivity index (χ1) is 13.4. The van der Waals surface area contributed by atoms with Crippen LogP contribution < -0.4 is 14.4 Å². The molecule has 1 atom stereocenters. The van der Waals surface area contributed by atoms with Gasteiger partial charge in [-0.1, -0.05) is 30.3 Å². The fourth-order valence-corrected chi connectivity index (χ4v) is 3.93. The fraction of sp³-hybridized carbons (Fsp3) is 0.364. The van der Waals surface area contributed by atoms with E-state index in [0.717, 1.165) is 23.2 Å². The van der Waals surface area contributed by atoms with E-state index in [-0.39, 0.29) is 18.1 Å². The average molecular weight is 381 g/mol. The van der Waals surface area contributed by atoms with Crippen molar-refractivity contribution in [3.63, 3.8) is 0 Å². The summed E-state index contributed by atoms with van der Waals surface area (Å²) in [6, 6.07) is 12.5. The lowest BCUT2D eigenvalue weighted by atomic mass is 10.0. The van der Waals surface area contributed by atoms with E-state index in [1.54, 1.807) is 6.07 Å². The van der Waals surface area contributed by atoms with Crippen molar-refractivity contribution in [3.8, 4) is 11.5 Å². The summed E-state index contributed by atoms with van der Waals surface area (Å²) in [7, 11) is 1.33. The lowest BCUT2D eigenvalue weighted by Gasteiger charge is -2.24. The second kappa shape index (κ2) is 6.86. The molecule has 0 radical (unpaired) electrons. The fourth-order valence-electron chi connectivity index (χ4n) is 3.93. The maximum Gasteiger partial charge on any atom is 0.329 e. The number of anilines is 1. The summed E-state index contributed by atoms with van der Waals surface area (Å²) in [6.45, 7) is 3.84. The van der Waals surface area contributed by atoms with Crippen molar-refractivity contribution in [2.45, 2.75) is 38.3 Å². The van der Waals surface area contributed by atoms with Crippen molar-refractivity contribution < 1.29 is 23.8 Å². The first-order valence-electron chi connectivity index (χ1n) is 9.31. The van der Waals surface area contributed by atoms with Gasteiger partial charge in [0, 0.05) is 24.1 Å². The van der Waals surface area contributed by atoms with Crippen LogP contribution in [0, 0.1) is 0 Å². The van der Waals surface area contributed by atoms with E-state index in [0.29, 0.717) is 17.9 Å². The quantitative estimate of drug-likeness (QED) is 0.762. The number of methoxy groups -OCH3 is 1. The minimum absolute atomic E-state index is 0.192. The Morgan fingerprint density at radius 1 is 1.14 bits per heavy atom. The van der Waals surface area contributed by atoms with Gasteiger partial charge in [0.25, 0.3) is 5.91 Å². The molecule has 0 saturated heterocycles. The molecule has 0 fully saturated rings. The van der Waals surface area contributed by atoms with E-state index in [1.165, 1.54) is 12.0 Å². The third kappa shape index (κ3) is 3.19. The predicted molar refractivity (Wildman–Crippen MR) is 104 cm³/mol. The third-order valence-electron chi connectivity index (χ3n) is 5.12. The SMILES string of the molecule is COC(=O)C1Cc2ccccc2N1C(=O)COc1cccc2c1OC(C)(C)C2. The van der Waals surface area contributed by atoms with Crippen LogP contribution >= 0.6 is 0 Å². The van der Waals surface area contributed by atoms with Crippen molar-refractivity contribution in [2.75, 3.05) is 18.6 Å². The Morgan fingerprint density at radius 2 is 1.89 bits per heavy atom. The average Bonchev–Trinajstić information content (AvgIpc) is 3.21. The van der Waals surface area contributed by atoms with Crippen LogP contribution in [0.5, 0.6) is 11.5 Å². The minimum Gasteiger partial charge on any atom is -0.483 e. The highest BCUT2D eigenvalue weighted by Crippen LogP contribution is 2.42. The van der Waals surface area contributed by atoms with Gasteiger partial charge in [-0.3, -0.25) is 9.69 Å². The van der Waals surface area contributed by atoms with Gasteiger partial charge in [0.15, 0.2) is 18.1 Å². The lowest BCUT2D eigenvalue weighted by Crippen LogP contribution is -2.45. The maximum absolute atomic E-state index is 13.0. The summed E-state index contributed by atoms with van der Waals surface area (Å²) in [4.78, 5) is 26.7. The predicted octanol–water partition coefficient (Wildman–Crippen LogP) is 2.91. The van der Waals surface area contributed by atoms with E-state index >= 15 is 0 Å². The Hall–Kier alpha value is -3.02. The summed E-state index contributed by atoms with van der Waals surface area (Å²) >= 11 is 0. The van der Waals surface area contributed by atoms with Crippen LogP contribution in [0.4, 0.5) is 5.69 Å². The van der Waals surface area contributed by atoms with E-state index < -0.39 is 12.0 Å². The van der Waals surface area contributed by atoms with Crippen LogP contribution in [-0.2, 0) is 27.2 Å². The Kier molecular flexibility index (Phi) is 4.49.